The van der Waals surface area contributed by atoms with E-state index < -0.39 is 16.8 Å². The van der Waals surface area contributed by atoms with Crippen molar-refractivity contribution in [1.82, 2.24) is 4.98 Å². The van der Waals surface area contributed by atoms with Crippen LogP contribution < -0.4 is 0 Å². The van der Waals surface area contributed by atoms with Gasteiger partial charge in [0, 0.05) is 6.20 Å². The van der Waals surface area contributed by atoms with E-state index in [-0.39, 0.29) is 5.92 Å². The summed E-state index contributed by atoms with van der Waals surface area (Å²) in [5.41, 5.74) is -1.11. The molecule has 1 saturated carbocycles. The Balaban J connectivity index is 2.32. The van der Waals surface area contributed by atoms with E-state index in [1.165, 1.54) is 0 Å². The molecule has 0 aliphatic heterocycles. The van der Waals surface area contributed by atoms with E-state index in [0.717, 1.165) is 19.0 Å². The molecule has 1 heterocycles. The van der Waals surface area contributed by atoms with Gasteiger partial charge in [-0.05, 0) is 25.2 Å². The number of nitrogens with zero attached hydrogens (tertiary/aromatic N) is 1. The molecule has 2 rings (SSSR count). The van der Waals surface area contributed by atoms with Gasteiger partial charge in [-0.15, -0.1) is 11.3 Å². The predicted molar refractivity (Wildman–Crippen MR) is 54.0 cm³/mol. The molecule has 90 valence electrons. The van der Waals surface area contributed by atoms with Crippen molar-refractivity contribution in [2.24, 2.45) is 5.92 Å². The molecule has 1 aromatic rings. The van der Waals surface area contributed by atoms with Crippen LogP contribution in [0.4, 0.5) is 13.2 Å². The molecule has 0 amide bonds. The van der Waals surface area contributed by atoms with Crippen LogP contribution in [0.2, 0.25) is 0 Å². The zero-order valence-corrected chi connectivity index (χ0v) is 9.53. The van der Waals surface area contributed by atoms with E-state index >= 15 is 0 Å². The second-order valence-electron chi connectivity index (χ2n) is 4.24. The lowest BCUT2D eigenvalue weighted by atomic mass is 9.91. The molecular formula is C10H12F3NOS. The third-order valence-corrected chi connectivity index (χ3v) is 4.39. The number of halogens is 3. The molecule has 0 radical (unpaired) electrons. The second-order valence-corrected chi connectivity index (χ2v) is 5.28. The number of rotatable bonds is 1. The average Bonchev–Trinajstić information content (AvgIpc) is 2.74. The first-order valence-corrected chi connectivity index (χ1v) is 5.91. The molecule has 1 aliphatic carbocycles. The topological polar surface area (TPSA) is 33.1 Å². The zero-order valence-electron chi connectivity index (χ0n) is 8.71. The fourth-order valence-electron chi connectivity index (χ4n) is 2.13. The van der Waals surface area contributed by atoms with Gasteiger partial charge in [0.1, 0.15) is 5.60 Å². The molecule has 2 nitrogen and oxygen atoms in total. The Bertz CT molecular complexity index is 390. The normalized spacial score (nSPS) is 30.9. The van der Waals surface area contributed by atoms with E-state index in [0.29, 0.717) is 22.6 Å². The number of hydrogen-bond donors (Lipinski definition) is 1. The maximum atomic E-state index is 12.4. The number of hydrogen-bond acceptors (Lipinski definition) is 3. The summed E-state index contributed by atoms with van der Waals surface area (Å²) in [6, 6.07) is 0. The van der Waals surface area contributed by atoms with Crippen LogP contribution in [0.25, 0.3) is 0 Å². The van der Waals surface area contributed by atoms with E-state index in [1.54, 1.807) is 0 Å². The fourth-order valence-corrected chi connectivity index (χ4v) is 3.15. The minimum Gasteiger partial charge on any atom is -0.384 e. The molecule has 1 N–H and O–H groups in total. The molecule has 1 fully saturated rings. The summed E-state index contributed by atoms with van der Waals surface area (Å²) in [6.07, 6.45) is -1.04. The van der Waals surface area contributed by atoms with Crippen molar-refractivity contribution in [3.63, 3.8) is 0 Å². The molecule has 16 heavy (non-hydrogen) atoms. The summed E-state index contributed by atoms with van der Waals surface area (Å²) in [4.78, 5) is 3.68. The van der Waals surface area contributed by atoms with Crippen molar-refractivity contribution >= 4 is 11.3 Å². The number of thiazole rings is 1. The summed E-state index contributed by atoms with van der Waals surface area (Å²) in [5.74, 6) is -0.00552. The van der Waals surface area contributed by atoms with E-state index in [1.807, 2.05) is 6.92 Å². The third kappa shape index (κ3) is 1.84. The molecule has 2 unspecified atom stereocenters. The number of aliphatic hydroxyl groups is 1. The van der Waals surface area contributed by atoms with Gasteiger partial charge in [0.2, 0.25) is 0 Å². The highest BCUT2D eigenvalue weighted by atomic mass is 32.1. The Morgan fingerprint density at radius 2 is 2.25 bits per heavy atom. The standard InChI is InChI=1S/C10H12F3NOS/c1-6-3-2-4-9(6,15)7-5-14-8(16-7)10(11,12)13/h5-6,15H,2-4H2,1H3. The Morgan fingerprint density at radius 1 is 1.56 bits per heavy atom. The van der Waals surface area contributed by atoms with Gasteiger partial charge in [0.25, 0.3) is 0 Å². The molecule has 6 heteroatoms. The van der Waals surface area contributed by atoms with Gasteiger partial charge in [0.05, 0.1) is 4.88 Å². The second kappa shape index (κ2) is 3.70. The van der Waals surface area contributed by atoms with Crippen molar-refractivity contribution in [3.05, 3.63) is 16.1 Å². The summed E-state index contributed by atoms with van der Waals surface area (Å²) in [6.45, 7) is 1.86. The van der Waals surface area contributed by atoms with Crippen LogP contribution in [0.5, 0.6) is 0 Å². The van der Waals surface area contributed by atoms with Crippen molar-refractivity contribution in [2.45, 2.75) is 38.0 Å². The van der Waals surface area contributed by atoms with Crippen molar-refractivity contribution in [1.29, 1.82) is 0 Å². The Morgan fingerprint density at radius 3 is 2.69 bits per heavy atom. The van der Waals surface area contributed by atoms with Gasteiger partial charge in [0.15, 0.2) is 5.01 Å². The Hall–Kier alpha value is -0.620. The molecule has 0 spiro atoms. The molecule has 0 saturated heterocycles. The SMILES string of the molecule is CC1CCCC1(O)c1cnc(C(F)(F)F)s1. The molecule has 2 atom stereocenters. The Labute approximate surface area is 95.1 Å². The largest absolute Gasteiger partial charge is 0.443 e. The summed E-state index contributed by atoms with van der Waals surface area (Å²) >= 11 is 0.554. The van der Waals surface area contributed by atoms with Gasteiger partial charge in [-0.25, -0.2) is 4.98 Å². The van der Waals surface area contributed by atoms with Crippen molar-refractivity contribution in [2.75, 3.05) is 0 Å². The van der Waals surface area contributed by atoms with Crippen LogP contribution in [0, 0.1) is 5.92 Å². The van der Waals surface area contributed by atoms with Crippen LogP contribution >= 0.6 is 11.3 Å². The first kappa shape index (κ1) is 11.9. The molecule has 1 aliphatic rings. The maximum Gasteiger partial charge on any atom is 0.443 e. The summed E-state index contributed by atoms with van der Waals surface area (Å²) < 4.78 is 37.1. The van der Waals surface area contributed by atoms with E-state index in [2.05, 4.69) is 4.98 Å². The van der Waals surface area contributed by atoms with Gasteiger partial charge in [-0.2, -0.15) is 13.2 Å². The third-order valence-electron chi connectivity index (χ3n) is 3.19. The average molecular weight is 251 g/mol. The van der Waals surface area contributed by atoms with Gasteiger partial charge >= 0.3 is 6.18 Å². The highest BCUT2D eigenvalue weighted by Crippen LogP contribution is 2.46. The summed E-state index contributed by atoms with van der Waals surface area (Å²) in [5, 5.41) is 9.43. The molecule has 0 bridgehead atoms. The number of alkyl halides is 3. The highest BCUT2D eigenvalue weighted by Gasteiger charge is 2.43. The van der Waals surface area contributed by atoms with Crippen LogP contribution in [-0.2, 0) is 11.8 Å². The predicted octanol–water partition coefficient (Wildman–Crippen LogP) is 3.17. The lowest BCUT2D eigenvalue weighted by molar-refractivity contribution is -0.137. The Kier molecular flexibility index (Phi) is 2.74. The minimum atomic E-state index is -4.42. The van der Waals surface area contributed by atoms with Crippen LogP contribution in [0.1, 0.15) is 36.1 Å². The first-order chi connectivity index (χ1) is 7.34. The first-order valence-electron chi connectivity index (χ1n) is 5.10. The van der Waals surface area contributed by atoms with E-state index in [4.69, 9.17) is 0 Å². The van der Waals surface area contributed by atoms with Crippen molar-refractivity contribution < 1.29 is 18.3 Å². The highest BCUT2D eigenvalue weighted by molar-refractivity contribution is 7.11. The molecule has 1 aromatic heterocycles. The van der Waals surface area contributed by atoms with Crippen LogP contribution in [-0.4, -0.2) is 10.1 Å². The lowest BCUT2D eigenvalue weighted by Crippen LogP contribution is -2.27. The minimum absolute atomic E-state index is 0.00552. The molecule has 0 aromatic carbocycles. The smallest absolute Gasteiger partial charge is 0.384 e. The fraction of sp³-hybridized carbons (Fsp3) is 0.700. The molecular weight excluding hydrogens is 239 g/mol. The van der Waals surface area contributed by atoms with E-state index in [9.17, 15) is 18.3 Å². The van der Waals surface area contributed by atoms with Gasteiger partial charge in [-0.1, -0.05) is 6.92 Å². The monoisotopic (exact) mass is 251 g/mol. The summed E-state index contributed by atoms with van der Waals surface area (Å²) in [7, 11) is 0. The van der Waals surface area contributed by atoms with Gasteiger partial charge < -0.3 is 5.11 Å². The van der Waals surface area contributed by atoms with Crippen LogP contribution in [0.15, 0.2) is 6.20 Å². The lowest BCUT2D eigenvalue weighted by Gasteiger charge is -2.25. The van der Waals surface area contributed by atoms with Gasteiger partial charge in [-0.3, -0.25) is 0 Å². The zero-order chi connectivity index (χ0) is 12.0. The number of aromatic nitrogens is 1. The van der Waals surface area contributed by atoms with Crippen LogP contribution in [0.3, 0.4) is 0 Å². The quantitative estimate of drug-likeness (QED) is 0.831. The maximum absolute atomic E-state index is 12.4. The van der Waals surface area contributed by atoms with Crippen molar-refractivity contribution in [3.8, 4) is 0 Å².